The number of carbonyl (C=O) groups excluding carboxylic acids is 2. The maximum absolute atomic E-state index is 14.6. The van der Waals surface area contributed by atoms with E-state index in [4.69, 9.17) is 0 Å². The van der Waals surface area contributed by atoms with Crippen molar-refractivity contribution >= 4 is 23.2 Å². The Hall–Kier alpha value is -2.76. The number of amides is 2. The van der Waals surface area contributed by atoms with E-state index in [-0.39, 0.29) is 17.5 Å². The highest BCUT2D eigenvalue weighted by Crippen LogP contribution is 2.27. The van der Waals surface area contributed by atoms with Crippen molar-refractivity contribution in [1.82, 2.24) is 0 Å². The van der Waals surface area contributed by atoms with Gasteiger partial charge in [0.15, 0.2) is 5.82 Å². The van der Waals surface area contributed by atoms with Crippen molar-refractivity contribution in [3.63, 3.8) is 0 Å². The first-order valence-corrected chi connectivity index (χ1v) is 8.81. The highest BCUT2D eigenvalue weighted by molar-refractivity contribution is 6.04. The fraction of sp³-hybridized carbons (Fsp3) is 0.333. The first kappa shape index (κ1) is 20.6. The number of carbonyl (C=O) groups is 2. The van der Waals surface area contributed by atoms with E-state index >= 15 is 0 Å². The third-order valence-electron chi connectivity index (χ3n) is 3.97. The number of rotatable bonds is 6. The largest absolute Gasteiger partial charge is 0.321 e. The lowest BCUT2D eigenvalue weighted by Gasteiger charge is -2.17. The smallest absolute Gasteiger partial charge is 0.255 e. The molecular formula is C21H24F2N2O2. The molecule has 0 aliphatic carbocycles. The topological polar surface area (TPSA) is 58.2 Å². The second kappa shape index (κ2) is 8.75. The summed E-state index contributed by atoms with van der Waals surface area (Å²) in [5.41, 5.74) is -0.329. The minimum Gasteiger partial charge on any atom is -0.321 e. The molecule has 2 N–H and O–H groups in total. The Morgan fingerprint density at radius 1 is 0.963 bits per heavy atom. The average Bonchev–Trinajstić information content (AvgIpc) is 2.60. The van der Waals surface area contributed by atoms with E-state index in [9.17, 15) is 18.4 Å². The molecule has 144 valence electrons. The van der Waals surface area contributed by atoms with Crippen LogP contribution in [0.2, 0.25) is 0 Å². The number of hydrogen-bond acceptors (Lipinski definition) is 2. The highest BCUT2D eigenvalue weighted by Gasteiger charge is 2.18. The fourth-order valence-corrected chi connectivity index (χ4v) is 2.53. The lowest BCUT2D eigenvalue weighted by Crippen LogP contribution is -2.17. The minimum atomic E-state index is -1.01. The molecule has 0 heterocycles. The molecule has 0 aliphatic heterocycles. The summed E-state index contributed by atoms with van der Waals surface area (Å²) >= 11 is 0. The normalized spacial score (nSPS) is 11.1. The number of halogens is 2. The van der Waals surface area contributed by atoms with Gasteiger partial charge in [-0.1, -0.05) is 39.0 Å². The van der Waals surface area contributed by atoms with E-state index in [2.05, 4.69) is 31.4 Å². The second-order valence-electron chi connectivity index (χ2n) is 7.57. The van der Waals surface area contributed by atoms with Crippen LogP contribution in [0.25, 0.3) is 0 Å². The van der Waals surface area contributed by atoms with Gasteiger partial charge in [-0.2, -0.15) is 0 Å². The molecule has 0 saturated carbocycles. The average molecular weight is 374 g/mol. The fourth-order valence-electron chi connectivity index (χ4n) is 2.53. The van der Waals surface area contributed by atoms with Gasteiger partial charge in [-0.3, -0.25) is 9.59 Å². The number of nitrogens with one attached hydrogen (secondary N) is 2. The first-order valence-electron chi connectivity index (χ1n) is 8.81. The van der Waals surface area contributed by atoms with Crippen molar-refractivity contribution in [2.45, 2.75) is 40.0 Å². The molecule has 0 fully saturated rings. The first-order chi connectivity index (χ1) is 12.7. The lowest BCUT2D eigenvalue weighted by molar-refractivity contribution is -0.116. The Labute approximate surface area is 158 Å². The SMILES string of the molecule is CC(C)(C)CCCC(=O)Nc1c(F)ccc(NC(=O)c2ccccc2)c1F. The summed E-state index contributed by atoms with van der Waals surface area (Å²) in [5, 5.41) is 4.68. The van der Waals surface area contributed by atoms with Gasteiger partial charge in [-0.15, -0.1) is 0 Å². The zero-order chi connectivity index (χ0) is 20.0. The van der Waals surface area contributed by atoms with Crippen LogP contribution in [0.5, 0.6) is 0 Å². The summed E-state index contributed by atoms with van der Waals surface area (Å²) in [4.78, 5) is 24.2. The Morgan fingerprint density at radius 3 is 2.26 bits per heavy atom. The number of benzene rings is 2. The number of hydrogen-bond donors (Lipinski definition) is 2. The summed E-state index contributed by atoms with van der Waals surface area (Å²) in [6.07, 6.45) is 1.60. The Morgan fingerprint density at radius 2 is 1.63 bits per heavy atom. The summed E-state index contributed by atoms with van der Waals surface area (Å²) in [6.45, 7) is 6.18. The molecular weight excluding hydrogens is 350 g/mol. The van der Waals surface area contributed by atoms with Gasteiger partial charge < -0.3 is 10.6 Å². The molecule has 2 rings (SSSR count). The summed E-state index contributed by atoms with van der Waals surface area (Å²) in [6, 6.07) is 10.4. The maximum Gasteiger partial charge on any atom is 0.255 e. The van der Waals surface area contributed by atoms with Crippen molar-refractivity contribution in [3.8, 4) is 0 Å². The van der Waals surface area contributed by atoms with Crippen LogP contribution in [-0.4, -0.2) is 11.8 Å². The van der Waals surface area contributed by atoms with Crippen molar-refractivity contribution in [2.75, 3.05) is 10.6 Å². The standard InChI is InChI=1S/C21H24F2N2O2/c1-21(2,3)13-7-10-17(26)25-19-15(22)11-12-16(18(19)23)24-20(27)14-8-5-4-6-9-14/h4-6,8-9,11-12H,7,10,13H2,1-3H3,(H,24,27)(H,25,26). The van der Waals surface area contributed by atoms with Gasteiger partial charge in [-0.25, -0.2) is 8.78 Å². The maximum atomic E-state index is 14.6. The van der Waals surface area contributed by atoms with E-state index < -0.39 is 29.1 Å². The molecule has 2 aromatic carbocycles. The third kappa shape index (κ3) is 6.16. The van der Waals surface area contributed by atoms with Gasteiger partial charge in [0.05, 0.1) is 5.69 Å². The van der Waals surface area contributed by atoms with Crippen LogP contribution >= 0.6 is 0 Å². The van der Waals surface area contributed by atoms with E-state index in [1.165, 1.54) is 0 Å². The van der Waals surface area contributed by atoms with Crippen molar-refractivity contribution < 1.29 is 18.4 Å². The van der Waals surface area contributed by atoms with Crippen LogP contribution < -0.4 is 10.6 Å². The van der Waals surface area contributed by atoms with Crippen molar-refractivity contribution in [1.29, 1.82) is 0 Å². The van der Waals surface area contributed by atoms with E-state index in [1.807, 2.05) is 0 Å². The second-order valence-corrected chi connectivity index (χ2v) is 7.57. The van der Waals surface area contributed by atoms with Crippen molar-refractivity contribution in [3.05, 3.63) is 59.7 Å². The van der Waals surface area contributed by atoms with E-state index in [0.29, 0.717) is 12.0 Å². The Bertz CT molecular complexity index is 815. The summed E-state index contributed by atoms with van der Waals surface area (Å²) in [5.74, 6) is -2.90. The molecule has 0 bridgehead atoms. The molecule has 2 aromatic rings. The molecule has 6 heteroatoms. The van der Waals surface area contributed by atoms with Crippen LogP contribution in [0.1, 0.15) is 50.4 Å². The minimum absolute atomic E-state index is 0.0818. The molecule has 2 amide bonds. The van der Waals surface area contributed by atoms with Gasteiger partial charge in [-0.05, 0) is 42.5 Å². The predicted octanol–water partition coefficient (Wildman–Crippen LogP) is 5.37. The van der Waals surface area contributed by atoms with Crippen LogP contribution in [0, 0.1) is 17.0 Å². The molecule has 0 radical (unpaired) electrons. The molecule has 0 unspecified atom stereocenters. The van der Waals surface area contributed by atoms with Gasteiger partial charge in [0, 0.05) is 12.0 Å². The lowest BCUT2D eigenvalue weighted by atomic mass is 9.90. The van der Waals surface area contributed by atoms with Crippen LogP contribution in [0.3, 0.4) is 0 Å². The third-order valence-corrected chi connectivity index (χ3v) is 3.97. The molecule has 0 atom stereocenters. The monoisotopic (exact) mass is 374 g/mol. The van der Waals surface area contributed by atoms with Crippen LogP contribution in [0.15, 0.2) is 42.5 Å². The molecule has 0 aliphatic rings. The number of anilines is 2. The molecule has 0 aromatic heterocycles. The van der Waals surface area contributed by atoms with E-state index in [0.717, 1.165) is 18.6 Å². The molecule has 0 saturated heterocycles. The van der Waals surface area contributed by atoms with Crippen molar-refractivity contribution in [2.24, 2.45) is 5.41 Å². The van der Waals surface area contributed by atoms with Gasteiger partial charge in [0.1, 0.15) is 11.5 Å². The Kier molecular flexibility index (Phi) is 6.66. The van der Waals surface area contributed by atoms with Crippen LogP contribution in [-0.2, 0) is 4.79 Å². The summed E-state index contributed by atoms with van der Waals surface area (Å²) < 4.78 is 28.6. The Balaban J connectivity index is 2.08. The zero-order valence-electron chi connectivity index (χ0n) is 15.7. The van der Waals surface area contributed by atoms with Gasteiger partial charge in [0.25, 0.3) is 5.91 Å². The van der Waals surface area contributed by atoms with Gasteiger partial charge in [0.2, 0.25) is 5.91 Å². The van der Waals surface area contributed by atoms with Crippen LogP contribution in [0.4, 0.5) is 20.2 Å². The summed E-state index contributed by atoms with van der Waals surface area (Å²) in [7, 11) is 0. The zero-order valence-corrected chi connectivity index (χ0v) is 15.7. The molecule has 0 spiro atoms. The highest BCUT2D eigenvalue weighted by atomic mass is 19.1. The quantitative estimate of drug-likeness (QED) is 0.714. The van der Waals surface area contributed by atoms with E-state index in [1.54, 1.807) is 30.3 Å². The molecule has 4 nitrogen and oxygen atoms in total. The molecule has 27 heavy (non-hydrogen) atoms. The predicted molar refractivity (Wildman–Crippen MR) is 103 cm³/mol. The van der Waals surface area contributed by atoms with Gasteiger partial charge >= 0.3 is 0 Å².